The van der Waals surface area contributed by atoms with Crippen LogP contribution in [-0.4, -0.2) is 0 Å². The Balaban J connectivity index is 0.000000335. The topological polar surface area (TPSA) is 23.8 Å². The van der Waals surface area contributed by atoms with Gasteiger partial charge in [-0.15, -0.1) is 0 Å². The Kier molecular flexibility index (Phi) is 7.96. The molecule has 0 radical (unpaired) electrons. The summed E-state index contributed by atoms with van der Waals surface area (Å²) in [4.78, 5) is 0. The zero-order valence-corrected chi connectivity index (χ0v) is 15.0. The van der Waals surface area contributed by atoms with Gasteiger partial charge in [-0.25, -0.2) is 0 Å². The van der Waals surface area contributed by atoms with Gasteiger partial charge in [0.2, 0.25) is 0 Å². The van der Waals surface area contributed by atoms with Crippen LogP contribution >= 0.6 is 0 Å². The van der Waals surface area contributed by atoms with Crippen molar-refractivity contribution in [2.75, 3.05) is 0 Å². The molecule has 0 aliphatic heterocycles. The maximum atomic E-state index is 9.02. The van der Waals surface area contributed by atoms with Gasteiger partial charge in [0.25, 0.3) is 0 Å². The van der Waals surface area contributed by atoms with Crippen molar-refractivity contribution in [1.82, 2.24) is 0 Å². The third-order valence-electron chi connectivity index (χ3n) is 4.50. The molecule has 1 aromatic rings. The lowest BCUT2D eigenvalue weighted by molar-refractivity contribution is 0.612. The van der Waals surface area contributed by atoms with Crippen LogP contribution in [0.3, 0.4) is 0 Å². The lowest BCUT2D eigenvalue weighted by atomic mass is 9.95. The van der Waals surface area contributed by atoms with Crippen LogP contribution in [0, 0.1) is 31.1 Å². The van der Waals surface area contributed by atoms with Gasteiger partial charge in [0.05, 0.1) is 11.6 Å². The molecule has 0 spiro atoms. The number of hydrogen-bond acceptors (Lipinski definition) is 1. The fourth-order valence-corrected chi connectivity index (χ4v) is 3.00. The number of hydrogen-bond donors (Lipinski definition) is 0. The first-order valence-electron chi connectivity index (χ1n) is 8.68. The predicted octanol–water partition coefficient (Wildman–Crippen LogP) is 6.58. The summed E-state index contributed by atoms with van der Waals surface area (Å²) < 4.78 is 0. The van der Waals surface area contributed by atoms with Crippen molar-refractivity contribution < 1.29 is 0 Å². The van der Waals surface area contributed by atoms with Gasteiger partial charge in [-0.2, -0.15) is 5.26 Å². The van der Waals surface area contributed by atoms with Gasteiger partial charge in [0.15, 0.2) is 0 Å². The van der Waals surface area contributed by atoms with E-state index in [1.165, 1.54) is 42.4 Å². The number of allylic oxidation sites excluding steroid dienone is 2. The largest absolute Gasteiger partial charge is 0.192 e. The average molecular weight is 297 g/mol. The number of aryl methyl sites for hydroxylation is 2. The molecule has 1 saturated carbocycles. The molecule has 1 heteroatoms. The molecule has 0 unspecified atom stereocenters. The van der Waals surface area contributed by atoms with Crippen LogP contribution in [0.15, 0.2) is 18.2 Å². The molecule has 0 amide bonds. The van der Waals surface area contributed by atoms with Crippen molar-refractivity contribution in [3.05, 3.63) is 40.5 Å². The van der Waals surface area contributed by atoms with E-state index in [1.54, 1.807) is 0 Å². The molecular weight excluding hydrogens is 266 g/mol. The van der Waals surface area contributed by atoms with Crippen molar-refractivity contribution in [3.63, 3.8) is 0 Å². The van der Waals surface area contributed by atoms with Crippen molar-refractivity contribution in [2.45, 2.75) is 73.1 Å². The molecule has 0 aromatic heterocycles. The molecule has 1 aromatic carbocycles. The summed E-state index contributed by atoms with van der Waals surface area (Å²) in [6.45, 7) is 10.7. The Morgan fingerprint density at radius 2 is 1.86 bits per heavy atom. The highest BCUT2D eigenvalue weighted by molar-refractivity contribution is 5.68. The molecule has 0 bridgehead atoms. The third-order valence-corrected chi connectivity index (χ3v) is 4.50. The summed E-state index contributed by atoms with van der Waals surface area (Å²) in [6.07, 6.45) is 10.5. The number of nitriles is 1. The summed E-state index contributed by atoms with van der Waals surface area (Å²) in [5, 5.41) is 9.02. The Labute approximate surface area is 137 Å². The van der Waals surface area contributed by atoms with Crippen LogP contribution in [0.25, 0.3) is 5.57 Å². The molecule has 0 atom stereocenters. The zero-order chi connectivity index (χ0) is 16.5. The quantitative estimate of drug-likeness (QED) is 0.618. The van der Waals surface area contributed by atoms with Crippen LogP contribution in [0.2, 0.25) is 0 Å². The monoisotopic (exact) mass is 297 g/mol. The smallest absolute Gasteiger partial charge is 0.0994 e. The fourth-order valence-electron chi connectivity index (χ4n) is 3.00. The zero-order valence-electron chi connectivity index (χ0n) is 15.0. The van der Waals surface area contributed by atoms with E-state index in [4.69, 9.17) is 5.26 Å². The maximum Gasteiger partial charge on any atom is 0.0994 e. The predicted molar refractivity (Wildman–Crippen MR) is 96.8 cm³/mol. The lowest BCUT2D eigenvalue weighted by Crippen LogP contribution is -1.91. The highest BCUT2D eigenvalue weighted by Crippen LogP contribution is 2.23. The Morgan fingerprint density at radius 3 is 2.32 bits per heavy atom. The summed E-state index contributed by atoms with van der Waals surface area (Å²) in [7, 11) is 0. The van der Waals surface area contributed by atoms with E-state index in [9.17, 15) is 0 Å². The molecule has 0 heterocycles. The van der Waals surface area contributed by atoms with Crippen molar-refractivity contribution in [1.29, 1.82) is 5.26 Å². The third kappa shape index (κ3) is 5.68. The SMILES string of the molecule is CC1CCCC1.CCC/C=C(/C)c1cc(C#N)c(C)cc1C. The van der Waals surface area contributed by atoms with Crippen LogP contribution < -0.4 is 0 Å². The van der Waals surface area contributed by atoms with E-state index in [1.807, 2.05) is 13.0 Å². The first kappa shape index (κ1) is 18.5. The number of unbranched alkanes of at least 4 members (excludes halogenated alkanes) is 1. The molecule has 120 valence electrons. The molecule has 22 heavy (non-hydrogen) atoms. The molecular formula is C21H31N. The van der Waals surface area contributed by atoms with E-state index in [0.717, 1.165) is 29.9 Å². The molecule has 1 aliphatic carbocycles. The van der Waals surface area contributed by atoms with Crippen LogP contribution in [0.5, 0.6) is 0 Å². The van der Waals surface area contributed by atoms with E-state index >= 15 is 0 Å². The lowest BCUT2D eigenvalue weighted by Gasteiger charge is -2.09. The first-order valence-corrected chi connectivity index (χ1v) is 8.68. The normalized spacial score (nSPS) is 15.2. The van der Waals surface area contributed by atoms with Gasteiger partial charge in [-0.05, 0) is 61.4 Å². The summed E-state index contributed by atoms with van der Waals surface area (Å²) in [5.74, 6) is 1.05. The second-order valence-electron chi connectivity index (χ2n) is 6.66. The molecule has 0 saturated heterocycles. The fraction of sp³-hybridized carbons (Fsp3) is 0.571. The molecule has 2 rings (SSSR count). The van der Waals surface area contributed by atoms with Crippen LogP contribution in [0.4, 0.5) is 0 Å². The Morgan fingerprint density at radius 1 is 1.23 bits per heavy atom. The van der Waals surface area contributed by atoms with Gasteiger partial charge >= 0.3 is 0 Å². The highest BCUT2D eigenvalue weighted by atomic mass is 14.2. The van der Waals surface area contributed by atoms with Crippen molar-refractivity contribution in [2.24, 2.45) is 5.92 Å². The molecule has 1 nitrogen and oxygen atoms in total. The number of rotatable bonds is 3. The Bertz CT molecular complexity index is 540. The second-order valence-corrected chi connectivity index (χ2v) is 6.66. The minimum atomic E-state index is 0.782. The van der Waals surface area contributed by atoms with Gasteiger partial charge in [-0.3, -0.25) is 0 Å². The minimum absolute atomic E-state index is 0.782. The van der Waals surface area contributed by atoms with Crippen LogP contribution in [-0.2, 0) is 0 Å². The first-order chi connectivity index (χ1) is 10.5. The standard InChI is InChI=1S/C15H19N.C6H12/c1-5-6-7-11(2)15-9-14(10-16)12(3)8-13(15)4;1-6-4-2-3-5-6/h7-9H,5-6H2,1-4H3;6H,2-5H2,1H3/b11-7-;. The van der Waals surface area contributed by atoms with Crippen LogP contribution in [0.1, 0.15) is 81.5 Å². The van der Waals surface area contributed by atoms with Crippen molar-refractivity contribution >= 4 is 5.57 Å². The van der Waals surface area contributed by atoms with E-state index in [0.29, 0.717) is 0 Å². The van der Waals surface area contributed by atoms with Gasteiger partial charge in [0, 0.05) is 0 Å². The summed E-state index contributed by atoms with van der Waals surface area (Å²) >= 11 is 0. The summed E-state index contributed by atoms with van der Waals surface area (Å²) in [6, 6.07) is 6.35. The van der Waals surface area contributed by atoms with E-state index in [-0.39, 0.29) is 0 Å². The Hall–Kier alpha value is -1.55. The van der Waals surface area contributed by atoms with Crippen molar-refractivity contribution in [3.8, 4) is 6.07 Å². The molecule has 1 aliphatic rings. The maximum absolute atomic E-state index is 9.02. The van der Waals surface area contributed by atoms with E-state index in [2.05, 4.69) is 45.9 Å². The van der Waals surface area contributed by atoms with Gasteiger partial charge < -0.3 is 0 Å². The summed E-state index contributed by atoms with van der Waals surface area (Å²) in [5.41, 5.74) is 5.57. The van der Waals surface area contributed by atoms with E-state index < -0.39 is 0 Å². The van der Waals surface area contributed by atoms with Gasteiger partial charge in [-0.1, -0.05) is 58.1 Å². The van der Waals surface area contributed by atoms with Gasteiger partial charge in [0.1, 0.15) is 0 Å². The highest BCUT2D eigenvalue weighted by Gasteiger charge is 2.07. The minimum Gasteiger partial charge on any atom is -0.192 e. The molecule has 0 N–H and O–H groups in total. The number of benzene rings is 1. The second kappa shape index (κ2) is 9.46. The average Bonchev–Trinajstić information content (AvgIpc) is 2.96. The molecule has 1 fully saturated rings. The number of nitrogens with zero attached hydrogens (tertiary/aromatic N) is 1.